The van der Waals surface area contributed by atoms with Crippen molar-refractivity contribution in [2.75, 3.05) is 11.9 Å². The summed E-state index contributed by atoms with van der Waals surface area (Å²) < 4.78 is 5.37. The van der Waals surface area contributed by atoms with Gasteiger partial charge in [-0.1, -0.05) is 26.7 Å². The molecule has 1 heterocycles. The second-order valence-electron chi connectivity index (χ2n) is 6.17. The first-order valence-electron chi connectivity index (χ1n) is 8.04. The van der Waals surface area contributed by atoms with E-state index in [1.165, 1.54) is 32.1 Å². The highest BCUT2D eigenvalue weighted by atomic mass is 16.5. The Morgan fingerprint density at radius 3 is 2.75 bits per heavy atom. The zero-order valence-electron chi connectivity index (χ0n) is 13.1. The van der Waals surface area contributed by atoms with Crippen molar-refractivity contribution < 1.29 is 4.74 Å². The lowest BCUT2D eigenvalue weighted by Gasteiger charge is -2.19. The van der Waals surface area contributed by atoms with Crippen LogP contribution in [-0.4, -0.2) is 17.6 Å². The minimum atomic E-state index is 0.596. The summed E-state index contributed by atoms with van der Waals surface area (Å²) in [5.41, 5.74) is 1.11. The molecular formula is C17H28N2O. The van der Waals surface area contributed by atoms with Gasteiger partial charge < -0.3 is 10.1 Å². The van der Waals surface area contributed by atoms with Crippen LogP contribution in [0.5, 0.6) is 5.88 Å². The maximum atomic E-state index is 5.37. The van der Waals surface area contributed by atoms with Crippen LogP contribution in [0.25, 0.3) is 0 Å². The number of rotatable bonds is 5. The van der Waals surface area contributed by atoms with Crippen LogP contribution in [0.2, 0.25) is 0 Å². The van der Waals surface area contributed by atoms with Gasteiger partial charge in [0.15, 0.2) is 0 Å². The van der Waals surface area contributed by atoms with Gasteiger partial charge in [-0.25, -0.2) is 4.98 Å². The summed E-state index contributed by atoms with van der Waals surface area (Å²) in [5, 5.41) is 3.63. The van der Waals surface area contributed by atoms with E-state index in [2.05, 4.69) is 30.2 Å². The molecule has 0 amide bonds. The van der Waals surface area contributed by atoms with Crippen LogP contribution >= 0.6 is 0 Å². The van der Waals surface area contributed by atoms with Crippen LogP contribution in [0.3, 0.4) is 0 Å². The van der Waals surface area contributed by atoms with E-state index in [1.54, 1.807) is 0 Å². The Morgan fingerprint density at radius 2 is 2.10 bits per heavy atom. The van der Waals surface area contributed by atoms with E-state index in [0.717, 1.165) is 17.5 Å². The van der Waals surface area contributed by atoms with Crippen molar-refractivity contribution in [3.05, 3.63) is 18.3 Å². The molecule has 2 unspecified atom stereocenters. The summed E-state index contributed by atoms with van der Waals surface area (Å²) in [5.74, 6) is 2.43. The second-order valence-corrected chi connectivity index (χ2v) is 6.17. The molecule has 0 aliphatic heterocycles. The summed E-state index contributed by atoms with van der Waals surface area (Å²) in [7, 11) is 0. The third kappa shape index (κ3) is 4.39. The van der Waals surface area contributed by atoms with Gasteiger partial charge in [0.1, 0.15) is 0 Å². The standard InChI is InChI=1S/C17H28N2O/c1-4-20-17-11-10-16(12-18-17)19-15-7-5-6-14(8-9-15)13(2)3/h10-15,19H,4-9H2,1-3H3. The van der Waals surface area contributed by atoms with Gasteiger partial charge in [0.2, 0.25) is 5.88 Å². The van der Waals surface area contributed by atoms with Gasteiger partial charge in [-0.2, -0.15) is 0 Å². The molecule has 0 aromatic carbocycles. The average molecular weight is 276 g/mol. The molecule has 1 fully saturated rings. The molecule has 1 saturated carbocycles. The van der Waals surface area contributed by atoms with Crippen molar-refractivity contribution in [3.8, 4) is 5.88 Å². The Hall–Kier alpha value is -1.25. The zero-order valence-corrected chi connectivity index (χ0v) is 13.1. The molecule has 1 aliphatic rings. The summed E-state index contributed by atoms with van der Waals surface area (Å²) in [6.07, 6.45) is 8.50. The molecule has 1 aromatic rings. The van der Waals surface area contributed by atoms with Crippen molar-refractivity contribution in [3.63, 3.8) is 0 Å². The molecule has 2 rings (SSSR count). The van der Waals surface area contributed by atoms with E-state index in [4.69, 9.17) is 4.74 Å². The van der Waals surface area contributed by atoms with Crippen molar-refractivity contribution >= 4 is 5.69 Å². The van der Waals surface area contributed by atoms with E-state index < -0.39 is 0 Å². The Balaban J connectivity index is 1.86. The molecule has 2 atom stereocenters. The highest BCUT2D eigenvalue weighted by Crippen LogP contribution is 2.30. The van der Waals surface area contributed by atoms with Crippen LogP contribution in [0.4, 0.5) is 5.69 Å². The zero-order chi connectivity index (χ0) is 14.4. The topological polar surface area (TPSA) is 34.1 Å². The first-order chi connectivity index (χ1) is 9.69. The maximum Gasteiger partial charge on any atom is 0.213 e. The lowest BCUT2D eigenvalue weighted by atomic mass is 9.89. The molecule has 3 heteroatoms. The molecular weight excluding hydrogens is 248 g/mol. The molecule has 0 saturated heterocycles. The Bertz CT molecular complexity index is 388. The minimum absolute atomic E-state index is 0.596. The number of nitrogens with one attached hydrogen (secondary N) is 1. The van der Waals surface area contributed by atoms with Crippen LogP contribution in [0.1, 0.15) is 52.9 Å². The first-order valence-corrected chi connectivity index (χ1v) is 8.04. The summed E-state index contributed by atoms with van der Waals surface area (Å²) in [4.78, 5) is 4.32. The molecule has 3 nitrogen and oxygen atoms in total. The third-order valence-corrected chi connectivity index (χ3v) is 4.36. The molecule has 112 valence electrons. The van der Waals surface area contributed by atoms with Crippen LogP contribution in [0.15, 0.2) is 18.3 Å². The SMILES string of the molecule is CCOc1ccc(NC2CCCC(C(C)C)CC2)cn1. The number of aromatic nitrogens is 1. The minimum Gasteiger partial charge on any atom is -0.478 e. The molecule has 1 aromatic heterocycles. The largest absolute Gasteiger partial charge is 0.478 e. The predicted octanol–water partition coefficient (Wildman–Crippen LogP) is 4.50. The van der Waals surface area contributed by atoms with Gasteiger partial charge in [-0.15, -0.1) is 0 Å². The summed E-state index contributed by atoms with van der Waals surface area (Å²) in [6, 6.07) is 4.61. The van der Waals surface area contributed by atoms with Gasteiger partial charge in [0.25, 0.3) is 0 Å². The van der Waals surface area contributed by atoms with Crippen molar-refractivity contribution in [1.82, 2.24) is 4.98 Å². The Labute approximate surface area is 123 Å². The van der Waals surface area contributed by atoms with Gasteiger partial charge in [-0.05, 0) is 44.1 Å². The Kier molecular flexibility index (Phi) is 5.69. The van der Waals surface area contributed by atoms with Crippen LogP contribution in [-0.2, 0) is 0 Å². The summed E-state index contributed by atoms with van der Waals surface area (Å²) in [6.45, 7) is 7.35. The smallest absolute Gasteiger partial charge is 0.213 e. The maximum absolute atomic E-state index is 5.37. The fourth-order valence-corrected chi connectivity index (χ4v) is 3.08. The first kappa shape index (κ1) is 15.1. The highest BCUT2D eigenvalue weighted by molar-refractivity contribution is 5.43. The summed E-state index contributed by atoms with van der Waals surface area (Å²) >= 11 is 0. The number of anilines is 1. The van der Waals surface area contributed by atoms with Crippen molar-refractivity contribution in [1.29, 1.82) is 0 Å². The normalized spacial score (nSPS) is 23.4. The number of hydrogen-bond donors (Lipinski definition) is 1. The van der Waals surface area contributed by atoms with Crippen molar-refractivity contribution in [2.24, 2.45) is 11.8 Å². The van der Waals surface area contributed by atoms with E-state index >= 15 is 0 Å². The fraction of sp³-hybridized carbons (Fsp3) is 0.706. The van der Waals surface area contributed by atoms with Gasteiger partial charge in [-0.3, -0.25) is 0 Å². The second kappa shape index (κ2) is 7.51. The average Bonchev–Trinajstić information content (AvgIpc) is 2.67. The molecule has 1 aliphatic carbocycles. The quantitative estimate of drug-likeness (QED) is 0.804. The van der Waals surface area contributed by atoms with Crippen molar-refractivity contribution in [2.45, 2.75) is 58.9 Å². The molecule has 0 radical (unpaired) electrons. The lowest BCUT2D eigenvalue weighted by Crippen LogP contribution is -2.18. The predicted molar refractivity (Wildman–Crippen MR) is 84.2 cm³/mol. The van der Waals surface area contributed by atoms with Crippen LogP contribution < -0.4 is 10.1 Å². The van der Waals surface area contributed by atoms with E-state index in [0.29, 0.717) is 18.5 Å². The van der Waals surface area contributed by atoms with Gasteiger partial charge in [0, 0.05) is 12.1 Å². The number of nitrogens with zero attached hydrogens (tertiary/aromatic N) is 1. The van der Waals surface area contributed by atoms with E-state index in [-0.39, 0.29) is 0 Å². The van der Waals surface area contributed by atoms with Crippen LogP contribution in [0, 0.1) is 11.8 Å². The molecule has 0 spiro atoms. The van der Waals surface area contributed by atoms with E-state index in [1.807, 2.05) is 19.2 Å². The Morgan fingerprint density at radius 1 is 1.25 bits per heavy atom. The fourth-order valence-electron chi connectivity index (χ4n) is 3.08. The number of ether oxygens (including phenoxy) is 1. The third-order valence-electron chi connectivity index (χ3n) is 4.36. The highest BCUT2D eigenvalue weighted by Gasteiger charge is 2.20. The number of pyridine rings is 1. The van der Waals surface area contributed by atoms with E-state index in [9.17, 15) is 0 Å². The number of hydrogen-bond acceptors (Lipinski definition) is 3. The monoisotopic (exact) mass is 276 g/mol. The molecule has 0 bridgehead atoms. The molecule has 20 heavy (non-hydrogen) atoms. The van der Waals surface area contributed by atoms with Gasteiger partial charge >= 0.3 is 0 Å². The van der Waals surface area contributed by atoms with Gasteiger partial charge in [0.05, 0.1) is 18.5 Å². The molecule has 1 N–H and O–H groups in total. The lowest BCUT2D eigenvalue weighted by molar-refractivity contribution is 0.327.